The zero-order valence-corrected chi connectivity index (χ0v) is 6.93. The Labute approximate surface area is 73.6 Å². The zero-order valence-electron chi connectivity index (χ0n) is 6.93. The van der Waals surface area contributed by atoms with Crippen LogP contribution in [-0.2, 0) is 9.59 Å². The zero-order chi connectivity index (χ0) is 10.0. The SMILES string of the molecule is CN1C(=O)CC(C(=O)N=O)N=C1N. The first-order chi connectivity index (χ1) is 6.06. The lowest BCUT2D eigenvalue weighted by atomic mass is 10.1. The summed E-state index contributed by atoms with van der Waals surface area (Å²) in [7, 11) is 1.44. The third-order valence-corrected chi connectivity index (χ3v) is 1.75. The second-order valence-electron chi connectivity index (χ2n) is 2.59. The van der Waals surface area contributed by atoms with E-state index in [0.717, 1.165) is 4.90 Å². The predicted molar refractivity (Wildman–Crippen MR) is 43.6 cm³/mol. The Hall–Kier alpha value is -1.79. The highest BCUT2D eigenvalue weighted by Crippen LogP contribution is 2.09. The van der Waals surface area contributed by atoms with Gasteiger partial charge in [0.2, 0.25) is 5.91 Å². The summed E-state index contributed by atoms with van der Waals surface area (Å²) in [4.78, 5) is 36.5. The van der Waals surface area contributed by atoms with Crippen LogP contribution >= 0.6 is 0 Å². The number of nitrogens with two attached hydrogens (primary N) is 1. The van der Waals surface area contributed by atoms with E-state index in [0.29, 0.717) is 0 Å². The van der Waals surface area contributed by atoms with E-state index in [1.807, 2.05) is 0 Å². The fourth-order valence-corrected chi connectivity index (χ4v) is 0.925. The monoisotopic (exact) mass is 184 g/mol. The fourth-order valence-electron chi connectivity index (χ4n) is 0.925. The number of guanidine groups is 1. The predicted octanol–water partition coefficient (Wildman–Crippen LogP) is -1.18. The minimum absolute atomic E-state index is 0.0711. The van der Waals surface area contributed by atoms with E-state index in [1.165, 1.54) is 7.05 Å². The molecule has 0 aromatic heterocycles. The Kier molecular flexibility index (Phi) is 2.36. The fraction of sp³-hybridized carbons (Fsp3) is 0.500. The van der Waals surface area contributed by atoms with E-state index in [1.54, 1.807) is 0 Å². The van der Waals surface area contributed by atoms with Gasteiger partial charge in [0.25, 0.3) is 0 Å². The van der Waals surface area contributed by atoms with Crippen LogP contribution in [0.15, 0.2) is 10.2 Å². The average Bonchev–Trinajstić information content (AvgIpc) is 2.12. The van der Waals surface area contributed by atoms with Gasteiger partial charge >= 0.3 is 5.91 Å². The summed E-state index contributed by atoms with van der Waals surface area (Å²) < 4.78 is 0. The molecule has 0 fully saturated rings. The number of carbonyl (C=O) groups is 2. The second-order valence-corrected chi connectivity index (χ2v) is 2.59. The number of rotatable bonds is 1. The van der Waals surface area contributed by atoms with Gasteiger partial charge in [-0.15, -0.1) is 4.91 Å². The molecule has 0 saturated heterocycles. The summed E-state index contributed by atoms with van der Waals surface area (Å²) in [5, 5.41) is 2.18. The van der Waals surface area contributed by atoms with Crippen molar-refractivity contribution in [3.63, 3.8) is 0 Å². The number of carbonyl (C=O) groups excluding carboxylic acids is 2. The van der Waals surface area contributed by atoms with Crippen LogP contribution in [0.1, 0.15) is 6.42 Å². The smallest absolute Gasteiger partial charge is 0.311 e. The van der Waals surface area contributed by atoms with Crippen molar-refractivity contribution >= 4 is 17.8 Å². The van der Waals surface area contributed by atoms with Crippen molar-refractivity contribution in [3.8, 4) is 0 Å². The molecule has 1 rings (SSSR count). The molecule has 0 radical (unpaired) electrons. The Balaban J connectivity index is 2.88. The van der Waals surface area contributed by atoms with Gasteiger partial charge < -0.3 is 5.73 Å². The van der Waals surface area contributed by atoms with Gasteiger partial charge in [-0.3, -0.25) is 14.5 Å². The maximum Gasteiger partial charge on any atom is 0.311 e. The van der Waals surface area contributed by atoms with Gasteiger partial charge in [-0.1, -0.05) is 0 Å². The lowest BCUT2D eigenvalue weighted by Gasteiger charge is -2.23. The van der Waals surface area contributed by atoms with E-state index < -0.39 is 11.9 Å². The quantitative estimate of drug-likeness (QED) is 0.518. The van der Waals surface area contributed by atoms with Crippen molar-refractivity contribution in [1.29, 1.82) is 0 Å². The van der Waals surface area contributed by atoms with Gasteiger partial charge in [0, 0.05) is 12.2 Å². The first-order valence-corrected chi connectivity index (χ1v) is 3.53. The van der Waals surface area contributed by atoms with Gasteiger partial charge in [0.1, 0.15) is 6.04 Å². The van der Waals surface area contributed by atoms with Crippen LogP contribution in [0.25, 0.3) is 0 Å². The van der Waals surface area contributed by atoms with Crippen LogP contribution < -0.4 is 5.73 Å². The van der Waals surface area contributed by atoms with Gasteiger partial charge in [0.05, 0.1) is 6.42 Å². The number of nitroso groups, excluding NO2 is 1. The molecule has 0 spiro atoms. The summed E-state index contributed by atoms with van der Waals surface area (Å²) in [5.74, 6) is -1.39. The molecule has 13 heavy (non-hydrogen) atoms. The highest BCUT2D eigenvalue weighted by Gasteiger charge is 2.29. The molecular formula is C6H8N4O3. The van der Waals surface area contributed by atoms with Crippen LogP contribution in [0.3, 0.4) is 0 Å². The van der Waals surface area contributed by atoms with Crippen molar-refractivity contribution in [3.05, 3.63) is 4.91 Å². The molecule has 0 aromatic rings. The number of amides is 2. The molecule has 2 amide bonds. The molecule has 0 saturated carbocycles. The second kappa shape index (κ2) is 3.30. The van der Waals surface area contributed by atoms with Crippen LogP contribution in [0.4, 0.5) is 0 Å². The van der Waals surface area contributed by atoms with Crippen molar-refractivity contribution in [2.75, 3.05) is 7.05 Å². The van der Waals surface area contributed by atoms with Crippen LogP contribution in [0, 0.1) is 4.91 Å². The molecule has 7 heteroatoms. The van der Waals surface area contributed by atoms with Gasteiger partial charge in [-0.25, -0.2) is 4.99 Å². The minimum atomic E-state index is -1.04. The third kappa shape index (κ3) is 1.68. The van der Waals surface area contributed by atoms with Crippen molar-refractivity contribution in [2.45, 2.75) is 12.5 Å². The average molecular weight is 184 g/mol. The maximum atomic E-state index is 11.1. The molecule has 1 atom stereocenters. The molecule has 1 aliphatic heterocycles. The highest BCUT2D eigenvalue weighted by molar-refractivity contribution is 6.02. The topological polar surface area (TPSA) is 105 Å². The van der Waals surface area contributed by atoms with Gasteiger partial charge in [-0.05, 0) is 0 Å². The van der Waals surface area contributed by atoms with Crippen molar-refractivity contribution in [1.82, 2.24) is 4.90 Å². The maximum absolute atomic E-state index is 11.1. The molecular weight excluding hydrogens is 176 g/mol. The molecule has 1 aliphatic rings. The number of nitrogens with zero attached hydrogens (tertiary/aromatic N) is 3. The largest absolute Gasteiger partial charge is 0.369 e. The minimum Gasteiger partial charge on any atom is -0.369 e. The summed E-state index contributed by atoms with van der Waals surface area (Å²) >= 11 is 0. The third-order valence-electron chi connectivity index (χ3n) is 1.75. The Morgan fingerprint density at radius 2 is 2.38 bits per heavy atom. The number of hydrogen-bond donors (Lipinski definition) is 1. The highest BCUT2D eigenvalue weighted by atomic mass is 16.3. The van der Waals surface area contributed by atoms with Gasteiger partial charge in [-0.2, -0.15) is 0 Å². The molecule has 1 heterocycles. The van der Waals surface area contributed by atoms with Crippen molar-refractivity contribution < 1.29 is 9.59 Å². The van der Waals surface area contributed by atoms with Gasteiger partial charge in [0.15, 0.2) is 5.96 Å². The van der Waals surface area contributed by atoms with E-state index >= 15 is 0 Å². The standard InChI is InChI=1S/C6H8N4O3/c1-10-4(11)2-3(5(12)9-13)8-6(10)7/h3H,2H2,1H3,(H2,7,8). The molecule has 2 N–H and O–H groups in total. The molecule has 7 nitrogen and oxygen atoms in total. The normalized spacial score (nSPS) is 22.5. The van der Waals surface area contributed by atoms with E-state index in [4.69, 9.17) is 5.73 Å². The van der Waals surface area contributed by atoms with Crippen molar-refractivity contribution in [2.24, 2.45) is 15.9 Å². The molecule has 0 aromatic carbocycles. The van der Waals surface area contributed by atoms with E-state index in [-0.39, 0.29) is 18.3 Å². The lowest BCUT2D eigenvalue weighted by Crippen LogP contribution is -2.46. The molecule has 0 bridgehead atoms. The molecule has 0 aliphatic carbocycles. The first kappa shape index (κ1) is 9.30. The first-order valence-electron chi connectivity index (χ1n) is 3.53. The van der Waals surface area contributed by atoms with E-state index in [2.05, 4.69) is 10.2 Å². The lowest BCUT2D eigenvalue weighted by molar-refractivity contribution is -0.130. The summed E-state index contributed by atoms with van der Waals surface area (Å²) in [6, 6.07) is -1.04. The number of hydrogen-bond acceptors (Lipinski definition) is 5. The molecule has 70 valence electrons. The number of aliphatic imine (C=N–C) groups is 1. The molecule has 1 unspecified atom stereocenters. The summed E-state index contributed by atoms with van der Waals surface area (Å²) in [6.45, 7) is 0. The Morgan fingerprint density at radius 3 is 2.85 bits per heavy atom. The van der Waals surface area contributed by atoms with Crippen LogP contribution in [-0.4, -0.2) is 35.8 Å². The van der Waals surface area contributed by atoms with Crippen LogP contribution in [0.5, 0.6) is 0 Å². The summed E-state index contributed by atoms with van der Waals surface area (Å²) in [5.41, 5.74) is 5.31. The Bertz CT molecular complexity index is 298. The summed E-state index contributed by atoms with van der Waals surface area (Å²) in [6.07, 6.45) is -0.151. The Morgan fingerprint density at radius 1 is 1.77 bits per heavy atom. The van der Waals surface area contributed by atoms with Crippen LogP contribution in [0.2, 0.25) is 0 Å². The van der Waals surface area contributed by atoms with E-state index in [9.17, 15) is 14.5 Å².